The molecule has 1 aliphatic heterocycles. The highest BCUT2D eigenvalue weighted by Gasteiger charge is 2.24. The molecule has 3 aromatic rings. The van der Waals surface area contributed by atoms with Crippen LogP contribution in [0.5, 0.6) is 0 Å². The number of carbonyl (C=O) groups is 1. The summed E-state index contributed by atoms with van der Waals surface area (Å²) in [5.74, 6) is 1.40. The number of nitrogens with zero attached hydrogens (tertiary/aromatic N) is 5. The first-order valence-corrected chi connectivity index (χ1v) is 9.64. The lowest BCUT2D eigenvalue weighted by Crippen LogP contribution is -2.35. The lowest BCUT2D eigenvalue weighted by molar-refractivity contribution is 0.0731. The van der Waals surface area contributed by atoms with Crippen LogP contribution in [0, 0.1) is 13.8 Å². The van der Waals surface area contributed by atoms with Crippen molar-refractivity contribution in [3.8, 4) is 11.3 Å². The molecular weight excluding hydrogens is 366 g/mol. The largest absolute Gasteiger partial charge is 0.334 e. The average molecular weight is 389 g/mol. The van der Waals surface area contributed by atoms with Gasteiger partial charge in [0.2, 0.25) is 0 Å². The van der Waals surface area contributed by atoms with Gasteiger partial charge < -0.3 is 4.90 Å². The number of amides is 1. The van der Waals surface area contributed by atoms with E-state index in [1.165, 1.54) is 0 Å². The van der Waals surface area contributed by atoms with Crippen molar-refractivity contribution in [3.05, 3.63) is 71.8 Å². The Kier molecular flexibility index (Phi) is 5.48. The Balaban J connectivity index is 1.54. The summed E-state index contributed by atoms with van der Waals surface area (Å²) >= 11 is 0. The average Bonchev–Trinajstić information content (AvgIpc) is 2.99. The molecule has 7 nitrogen and oxygen atoms in total. The standard InChI is InChI=1S/C22H23N5O2/c1-16-15-21(25-17(2)24-16)27-12-11-26(13-14-29-27)22(28)19-8-4-3-7-18(19)20-9-5-6-10-23-20/h3-10,15H,11-14H2,1-2H3. The predicted octanol–water partition coefficient (Wildman–Crippen LogP) is 3.05. The second-order valence-electron chi connectivity index (χ2n) is 6.90. The van der Waals surface area contributed by atoms with Crippen molar-refractivity contribution in [2.24, 2.45) is 0 Å². The molecule has 1 fully saturated rings. The van der Waals surface area contributed by atoms with Gasteiger partial charge in [0.1, 0.15) is 5.82 Å². The van der Waals surface area contributed by atoms with Gasteiger partial charge in [0.05, 0.1) is 18.8 Å². The summed E-state index contributed by atoms with van der Waals surface area (Å²) in [6.45, 7) is 5.78. The summed E-state index contributed by atoms with van der Waals surface area (Å²) < 4.78 is 0. The van der Waals surface area contributed by atoms with Gasteiger partial charge in [-0.2, -0.15) is 0 Å². The van der Waals surface area contributed by atoms with Crippen LogP contribution in [-0.4, -0.2) is 52.0 Å². The van der Waals surface area contributed by atoms with Crippen LogP contribution in [0.4, 0.5) is 5.82 Å². The summed E-state index contributed by atoms with van der Waals surface area (Å²) in [6.07, 6.45) is 1.74. The molecule has 1 aliphatic rings. The van der Waals surface area contributed by atoms with Crippen molar-refractivity contribution in [2.45, 2.75) is 13.8 Å². The Labute approximate surface area is 170 Å². The van der Waals surface area contributed by atoms with E-state index in [1.807, 2.05) is 67.3 Å². The number of hydrogen-bond acceptors (Lipinski definition) is 6. The fourth-order valence-corrected chi connectivity index (χ4v) is 3.44. The van der Waals surface area contributed by atoms with E-state index in [1.54, 1.807) is 11.3 Å². The molecular formula is C22H23N5O2. The van der Waals surface area contributed by atoms with Gasteiger partial charge in [-0.05, 0) is 32.0 Å². The number of anilines is 1. The fraction of sp³-hybridized carbons (Fsp3) is 0.273. The number of aryl methyl sites for hydroxylation is 2. The number of carbonyl (C=O) groups excluding carboxylic acids is 1. The molecule has 2 aromatic heterocycles. The number of benzene rings is 1. The molecule has 0 bridgehead atoms. The van der Waals surface area contributed by atoms with Crippen LogP contribution < -0.4 is 5.06 Å². The highest BCUT2D eigenvalue weighted by molar-refractivity contribution is 6.00. The van der Waals surface area contributed by atoms with Crippen molar-refractivity contribution in [3.63, 3.8) is 0 Å². The van der Waals surface area contributed by atoms with Crippen molar-refractivity contribution in [2.75, 3.05) is 31.3 Å². The third-order valence-corrected chi connectivity index (χ3v) is 4.77. The van der Waals surface area contributed by atoms with Gasteiger partial charge in [-0.3, -0.25) is 14.6 Å². The molecule has 0 radical (unpaired) electrons. The van der Waals surface area contributed by atoms with Crippen molar-refractivity contribution < 1.29 is 9.63 Å². The molecule has 0 N–H and O–H groups in total. The predicted molar refractivity (Wildman–Crippen MR) is 110 cm³/mol. The zero-order valence-corrected chi connectivity index (χ0v) is 16.6. The monoisotopic (exact) mass is 389 g/mol. The number of rotatable bonds is 3. The van der Waals surface area contributed by atoms with E-state index in [0.29, 0.717) is 37.6 Å². The number of aromatic nitrogens is 3. The number of hydrogen-bond donors (Lipinski definition) is 0. The molecule has 7 heteroatoms. The quantitative estimate of drug-likeness (QED) is 0.686. The minimum Gasteiger partial charge on any atom is -0.334 e. The van der Waals surface area contributed by atoms with E-state index < -0.39 is 0 Å². The van der Waals surface area contributed by atoms with Crippen molar-refractivity contribution >= 4 is 11.7 Å². The zero-order chi connectivity index (χ0) is 20.2. The van der Waals surface area contributed by atoms with Gasteiger partial charge in [0.25, 0.3) is 5.91 Å². The molecule has 148 valence electrons. The maximum Gasteiger partial charge on any atom is 0.254 e. The Morgan fingerprint density at radius 2 is 1.83 bits per heavy atom. The molecule has 0 atom stereocenters. The van der Waals surface area contributed by atoms with Gasteiger partial charge in [0.15, 0.2) is 5.82 Å². The van der Waals surface area contributed by atoms with Crippen molar-refractivity contribution in [1.82, 2.24) is 19.9 Å². The second kappa shape index (κ2) is 8.36. The van der Waals surface area contributed by atoms with E-state index in [0.717, 1.165) is 22.8 Å². The Morgan fingerprint density at radius 3 is 2.62 bits per heavy atom. The summed E-state index contributed by atoms with van der Waals surface area (Å²) in [5.41, 5.74) is 3.16. The molecule has 0 unspecified atom stereocenters. The first-order chi connectivity index (χ1) is 14.1. The van der Waals surface area contributed by atoms with Gasteiger partial charge in [0, 0.05) is 42.2 Å². The van der Waals surface area contributed by atoms with E-state index in [2.05, 4.69) is 15.0 Å². The van der Waals surface area contributed by atoms with Crippen LogP contribution in [-0.2, 0) is 4.84 Å². The smallest absolute Gasteiger partial charge is 0.254 e. The van der Waals surface area contributed by atoms with Gasteiger partial charge >= 0.3 is 0 Å². The maximum atomic E-state index is 13.3. The minimum absolute atomic E-state index is 0.0215. The van der Waals surface area contributed by atoms with Gasteiger partial charge in [-0.1, -0.05) is 24.3 Å². The molecule has 1 saturated heterocycles. The molecule has 0 spiro atoms. The lowest BCUT2D eigenvalue weighted by atomic mass is 10.0. The molecule has 0 aliphatic carbocycles. The summed E-state index contributed by atoms with van der Waals surface area (Å²) in [6, 6.07) is 15.2. The third-order valence-electron chi connectivity index (χ3n) is 4.77. The van der Waals surface area contributed by atoms with Gasteiger partial charge in [-0.25, -0.2) is 15.0 Å². The normalized spacial score (nSPS) is 14.6. The molecule has 1 amide bonds. The molecule has 3 heterocycles. The van der Waals surface area contributed by atoms with Crippen molar-refractivity contribution in [1.29, 1.82) is 0 Å². The number of pyridine rings is 1. The minimum atomic E-state index is -0.0215. The van der Waals surface area contributed by atoms with Crippen LogP contribution in [0.25, 0.3) is 11.3 Å². The molecule has 29 heavy (non-hydrogen) atoms. The second-order valence-corrected chi connectivity index (χ2v) is 6.90. The first kappa shape index (κ1) is 19.0. The van der Waals surface area contributed by atoms with Crippen LogP contribution >= 0.6 is 0 Å². The molecule has 0 saturated carbocycles. The van der Waals surface area contributed by atoms with Gasteiger partial charge in [-0.15, -0.1) is 0 Å². The van der Waals surface area contributed by atoms with Crippen LogP contribution in [0.3, 0.4) is 0 Å². The van der Waals surface area contributed by atoms with E-state index in [4.69, 9.17) is 4.84 Å². The maximum absolute atomic E-state index is 13.3. The van der Waals surface area contributed by atoms with Crippen LogP contribution in [0.2, 0.25) is 0 Å². The summed E-state index contributed by atoms with van der Waals surface area (Å²) in [4.78, 5) is 34.2. The first-order valence-electron chi connectivity index (χ1n) is 9.64. The SMILES string of the molecule is Cc1cc(N2CCN(C(=O)c3ccccc3-c3ccccn3)CCO2)nc(C)n1. The highest BCUT2D eigenvalue weighted by Crippen LogP contribution is 2.23. The summed E-state index contributed by atoms with van der Waals surface area (Å²) in [5, 5.41) is 1.75. The lowest BCUT2D eigenvalue weighted by Gasteiger charge is -2.22. The Hall–Kier alpha value is -3.32. The Bertz CT molecular complexity index is 989. The van der Waals surface area contributed by atoms with E-state index >= 15 is 0 Å². The number of hydroxylamine groups is 1. The highest BCUT2D eigenvalue weighted by atomic mass is 16.7. The topological polar surface area (TPSA) is 71.5 Å². The third kappa shape index (κ3) is 4.25. The Morgan fingerprint density at radius 1 is 1.00 bits per heavy atom. The van der Waals surface area contributed by atoms with E-state index in [-0.39, 0.29) is 5.91 Å². The van der Waals surface area contributed by atoms with E-state index in [9.17, 15) is 4.79 Å². The van der Waals surface area contributed by atoms with Crippen LogP contribution in [0.1, 0.15) is 21.9 Å². The fourth-order valence-electron chi connectivity index (χ4n) is 3.44. The molecule has 4 rings (SSSR count). The zero-order valence-electron chi connectivity index (χ0n) is 16.6. The molecule has 1 aromatic carbocycles. The summed E-state index contributed by atoms with van der Waals surface area (Å²) in [7, 11) is 0. The van der Waals surface area contributed by atoms with Crippen LogP contribution in [0.15, 0.2) is 54.7 Å².